The molecule has 134 valence electrons. The molecule has 0 aromatic carbocycles. The molecule has 7 heteroatoms. The van der Waals surface area contributed by atoms with E-state index in [4.69, 9.17) is 11.6 Å². The molecule has 0 saturated carbocycles. The van der Waals surface area contributed by atoms with Gasteiger partial charge in [-0.2, -0.15) is 0 Å². The number of halogens is 1. The van der Waals surface area contributed by atoms with Gasteiger partial charge in [0, 0.05) is 32.3 Å². The Bertz CT molecular complexity index is 707. The molecule has 2 aromatic rings. The van der Waals surface area contributed by atoms with Gasteiger partial charge in [0.15, 0.2) is 0 Å². The van der Waals surface area contributed by atoms with E-state index in [0.717, 1.165) is 49.9 Å². The summed E-state index contributed by atoms with van der Waals surface area (Å²) in [5.74, 6) is 3.58. The zero-order valence-corrected chi connectivity index (χ0v) is 15.5. The second-order valence-corrected chi connectivity index (χ2v) is 7.57. The third-order valence-corrected chi connectivity index (χ3v) is 5.61. The average molecular weight is 361 g/mol. The van der Waals surface area contributed by atoms with Crippen LogP contribution in [-0.2, 0) is 13.6 Å². The Morgan fingerprint density at radius 1 is 1.12 bits per heavy atom. The van der Waals surface area contributed by atoms with Crippen LogP contribution >= 0.6 is 11.6 Å². The van der Waals surface area contributed by atoms with Gasteiger partial charge in [-0.15, -0.1) is 10.2 Å². The third-order valence-electron chi connectivity index (χ3n) is 5.38. The molecule has 2 fully saturated rings. The summed E-state index contributed by atoms with van der Waals surface area (Å²) in [4.78, 5) is 9.27. The number of piperidine rings is 1. The standard InChI is InChI=1S/C18H25ClN6/c1-23-17(13-24-8-2-3-9-24)21-22-18(23)14-5-4-10-25(12-14)16-7-6-15(19)11-20-16/h6-7,11,14H,2-5,8-10,12-13H2,1H3/t14-/m1/s1. The summed E-state index contributed by atoms with van der Waals surface area (Å²) < 4.78 is 2.21. The zero-order chi connectivity index (χ0) is 17.2. The number of rotatable bonds is 4. The molecule has 0 amide bonds. The van der Waals surface area contributed by atoms with Crippen LogP contribution in [0.5, 0.6) is 0 Å². The second-order valence-electron chi connectivity index (χ2n) is 7.14. The fraction of sp³-hybridized carbons (Fsp3) is 0.611. The third kappa shape index (κ3) is 3.65. The zero-order valence-electron chi connectivity index (χ0n) is 14.7. The number of hydrogen-bond acceptors (Lipinski definition) is 5. The molecule has 2 aromatic heterocycles. The first kappa shape index (κ1) is 16.8. The van der Waals surface area contributed by atoms with Crippen molar-refractivity contribution < 1.29 is 0 Å². The minimum atomic E-state index is 0.399. The summed E-state index contributed by atoms with van der Waals surface area (Å²) in [5.41, 5.74) is 0. The van der Waals surface area contributed by atoms with Gasteiger partial charge in [-0.25, -0.2) is 4.98 Å². The van der Waals surface area contributed by atoms with Gasteiger partial charge < -0.3 is 9.47 Å². The van der Waals surface area contributed by atoms with Gasteiger partial charge in [-0.1, -0.05) is 11.6 Å². The number of aromatic nitrogens is 4. The minimum Gasteiger partial charge on any atom is -0.356 e. The highest BCUT2D eigenvalue weighted by atomic mass is 35.5. The van der Waals surface area contributed by atoms with E-state index in [2.05, 4.69) is 36.6 Å². The molecule has 0 radical (unpaired) electrons. The molecule has 25 heavy (non-hydrogen) atoms. The van der Waals surface area contributed by atoms with E-state index in [0.29, 0.717) is 10.9 Å². The Hall–Kier alpha value is -1.66. The van der Waals surface area contributed by atoms with Crippen molar-refractivity contribution in [2.75, 3.05) is 31.1 Å². The Morgan fingerprint density at radius 2 is 1.96 bits per heavy atom. The van der Waals surface area contributed by atoms with Crippen LogP contribution in [0.2, 0.25) is 5.02 Å². The van der Waals surface area contributed by atoms with E-state index in [1.807, 2.05) is 12.1 Å². The molecular weight excluding hydrogens is 336 g/mol. The number of pyridine rings is 1. The molecule has 0 N–H and O–H groups in total. The first-order valence-corrected chi connectivity index (χ1v) is 9.55. The molecule has 2 aliphatic heterocycles. The number of likely N-dealkylation sites (tertiary alicyclic amines) is 1. The van der Waals surface area contributed by atoms with Crippen LogP contribution in [0.3, 0.4) is 0 Å². The van der Waals surface area contributed by atoms with Crippen molar-refractivity contribution >= 4 is 17.4 Å². The lowest BCUT2D eigenvalue weighted by molar-refractivity contribution is 0.317. The van der Waals surface area contributed by atoms with E-state index in [1.165, 1.54) is 25.9 Å². The van der Waals surface area contributed by atoms with Crippen LogP contribution in [0.25, 0.3) is 0 Å². The topological polar surface area (TPSA) is 50.1 Å². The van der Waals surface area contributed by atoms with Crippen molar-refractivity contribution in [3.8, 4) is 0 Å². The number of anilines is 1. The highest BCUT2D eigenvalue weighted by molar-refractivity contribution is 6.30. The van der Waals surface area contributed by atoms with Crippen LogP contribution in [0.15, 0.2) is 18.3 Å². The first-order chi connectivity index (χ1) is 12.2. The van der Waals surface area contributed by atoms with E-state index < -0.39 is 0 Å². The van der Waals surface area contributed by atoms with Crippen molar-refractivity contribution in [1.29, 1.82) is 0 Å². The molecule has 4 heterocycles. The average Bonchev–Trinajstić information content (AvgIpc) is 3.27. The Morgan fingerprint density at radius 3 is 2.72 bits per heavy atom. The summed E-state index contributed by atoms with van der Waals surface area (Å²) in [7, 11) is 2.11. The molecule has 0 spiro atoms. The van der Waals surface area contributed by atoms with Crippen molar-refractivity contribution in [2.24, 2.45) is 7.05 Å². The molecule has 0 bridgehead atoms. The maximum Gasteiger partial charge on any atom is 0.146 e. The van der Waals surface area contributed by atoms with E-state index in [-0.39, 0.29) is 0 Å². The van der Waals surface area contributed by atoms with Crippen LogP contribution in [0.1, 0.15) is 43.3 Å². The molecule has 2 aliphatic rings. The summed E-state index contributed by atoms with van der Waals surface area (Å²) in [6.07, 6.45) is 6.62. The lowest BCUT2D eigenvalue weighted by Crippen LogP contribution is -2.35. The largest absolute Gasteiger partial charge is 0.356 e. The maximum absolute atomic E-state index is 5.96. The van der Waals surface area contributed by atoms with Crippen molar-refractivity contribution in [2.45, 2.75) is 38.1 Å². The number of hydrogen-bond donors (Lipinski definition) is 0. The molecule has 1 atom stereocenters. The SMILES string of the molecule is Cn1c(CN2CCCC2)nnc1[C@@H]1CCCN(c2ccc(Cl)cn2)C1. The summed E-state index contributed by atoms with van der Waals surface area (Å²) in [6, 6.07) is 3.91. The Kier molecular flexibility index (Phi) is 4.90. The van der Waals surface area contributed by atoms with Crippen LogP contribution in [0, 0.1) is 0 Å². The maximum atomic E-state index is 5.96. The predicted molar refractivity (Wildman–Crippen MR) is 98.9 cm³/mol. The van der Waals surface area contributed by atoms with Crippen molar-refractivity contribution in [1.82, 2.24) is 24.6 Å². The minimum absolute atomic E-state index is 0.399. The van der Waals surface area contributed by atoms with Crippen LogP contribution < -0.4 is 4.90 Å². The lowest BCUT2D eigenvalue weighted by atomic mass is 9.97. The lowest BCUT2D eigenvalue weighted by Gasteiger charge is -2.33. The highest BCUT2D eigenvalue weighted by Gasteiger charge is 2.27. The number of nitrogens with zero attached hydrogens (tertiary/aromatic N) is 6. The van der Waals surface area contributed by atoms with Gasteiger partial charge in [0.05, 0.1) is 11.6 Å². The molecule has 0 aliphatic carbocycles. The molecule has 2 saturated heterocycles. The van der Waals surface area contributed by atoms with E-state index in [9.17, 15) is 0 Å². The Balaban J connectivity index is 1.47. The van der Waals surface area contributed by atoms with Crippen molar-refractivity contribution in [3.05, 3.63) is 35.0 Å². The molecule has 6 nitrogen and oxygen atoms in total. The quantitative estimate of drug-likeness (QED) is 0.839. The van der Waals surface area contributed by atoms with Crippen LogP contribution in [-0.4, -0.2) is 50.8 Å². The van der Waals surface area contributed by atoms with Gasteiger partial charge in [-0.05, 0) is 50.9 Å². The van der Waals surface area contributed by atoms with Crippen molar-refractivity contribution in [3.63, 3.8) is 0 Å². The van der Waals surface area contributed by atoms with Gasteiger partial charge in [0.2, 0.25) is 0 Å². The van der Waals surface area contributed by atoms with E-state index >= 15 is 0 Å². The van der Waals surface area contributed by atoms with E-state index in [1.54, 1.807) is 6.20 Å². The predicted octanol–water partition coefficient (Wildman–Crippen LogP) is 2.84. The van der Waals surface area contributed by atoms with Crippen LogP contribution in [0.4, 0.5) is 5.82 Å². The van der Waals surface area contributed by atoms with Gasteiger partial charge in [0.25, 0.3) is 0 Å². The first-order valence-electron chi connectivity index (χ1n) is 9.18. The van der Waals surface area contributed by atoms with Gasteiger partial charge in [0.1, 0.15) is 17.5 Å². The van der Waals surface area contributed by atoms with Gasteiger partial charge >= 0.3 is 0 Å². The fourth-order valence-corrected chi connectivity index (χ4v) is 4.07. The monoisotopic (exact) mass is 360 g/mol. The normalized spacial score (nSPS) is 21.8. The molecular formula is C18H25ClN6. The summed E-state index contributed by atoms with van der Waals surface area (Å²) >= 11 is 5.96. The fourth-order valence-electron chi connectivity index (χ4n) is 3.96. The smallest absolute Gasteiger partial charge is 0.146 e. The molecule has 0 unspecified atom stereocenters. The summed E-state index contributed by atoms with van der Waals surface area (Å²) in [5, 5.41) is 9.70. The molecule has 4 rings (SSSR count). The summed E-state index contributed by atoms with van der Waals surface area (Å²) in [6.45, 7) is 5.25. The highest BCUT2D eigenvalue weighted by Crippen LogP contribution is 2.29. The van der Waals surface area contributed by atoms with Gasteiger partial charge in [-0.3, -0.25) is 4.90 Å². The Labute approximate surface area is 153 Å². The second kappa shape index (κ2) is 7.30.